The summed E-state index contributed by atoms with van der Waals surface area (Å²) >= 11 is 0. The highest BCUT2D eigenvalue weighted by atomic mass is 16.4. The summed E-state index contributed by atoms with van der Waals surface area (Å²) in [7, 11) is 0. The highest BCUT2D eigenvalue weighted by Crippen LogP contribution is 2.09. The number of amides is 1. The zero-order valence-electron chi connectivity index (χ0n) is 10.3. The largest absolute Gasteiger partial charge is 0.481 e. The zero-order valence-corrected chi connectivity index (χ0v) is 10.3. The van der Waals surface area contributed by atoms with Gasteiger partial charge in [-0.1, -0.05) is 25.1 Å². The summed E-state index contributed by atoms with van der Waals surface area (Å²) in [6.45, 7) is 2.13. The molecule has 98 valence electrons. The Kier molecular flexibility index (Phi) is 5.32. The number of benzene rings is 1. The van der Waals surface area contributed by atoms with Crippen molar-refractivity contribution in [1.82, 2.24) is 5.32 Å². The number of nitrogens with one attached hydrogen (secondary N) is 1. The Labute approximate surface area is 106 Å². The van der Waals surface area contributed by atoms with Crippen LogP contribution in [0.25, 0.3) is 0 Å². The van der Waals surface area contributed by atoms with E-state index in [-0.39, 0.29) is 12.5 Å². The monoisotopic (exact) mass is 250 g/mol. The third-order valence-electron chi connectivity index (χ3n) is 2.67. The number of hydrogen-bond acceptors (Lipinski definition) is 3. The molecule has 0 bridgehead atoms. The fourth-order valence-electron chi connectivity index (χ4n) is 1.54. The molecule has 1 aromatic rings. The van der Waals surface area contributed by atoms with Crippen molar-refractivity contribution in [1.29, 1.82) is 0 Å². The Morgan fingerprint density at radius 2 is 2.06 bits per heavy atom. The van der Waals surface area contributed by atoms with Gasteiger partial charge in [-0.25, -0.2) is 0 Å². The summed E-state index contributed by atoms with van der Waals surface area (Å²) in [6, 6.07) is 7.19. The second kappa shape index (κ2) is 6.76. The van der Waals surface area contributed by atoms with Crippen LogP contribution in [0.5, 0.6) is 0 Å². The molecular weight excluding hydrogens is 232 g/mol. The van der Waals surface area contributed by atoms with Crippen molar-refractivity contribution >= 4 is 11.9 Å². The van der Waals surface area contributed by atoms with Crippen LogP contribution >= 0.6 is 0 Å². The maximum atomic E-state index is 11.9. The van der Waals surface area contributed by atoms with Crippen LogP contribution in [-0.4, -0.2) is 30.1 Å². The lowest BCUT2D eigenvalue weighted by Gasteiger charge is -2.11. The standard InChI is InChI=1S/C13H18N2O3/c1-9(13(17)18)8-15-12(16)11-5-3-2-4-10(11)6-7-14/h2-5,9H,6-8,14H2,1H3,(H,15,16)(H,17,18). The van der Waals surface area contributed by atoms with Gasteiger partial charge in [-0.3, -0.25) is 9.59 Å². The summed E-state index contributed by atoms with van der Waals surface area (Å²) in [5.74, 6) is -1.78. The molecule has 0 aliphatic carbocycles. The summed E-state index contributed by atoms with van der Waals surface area (Å²) in [4.78, 5) is 22.6. The fraction of sp³-hybridized carbons (Fsp3) is 0.385. The Bertz CT molecular complexity index is 432. The number of carbonyl (C=O) groups excluding carboxylic acids is 1. The molecule has 0 saturated heterocycles. The molecule has 5 nitrogen and oxygen atoms in total. The van der Waals surface area contributed by atoms with E-state index < -0.39 is 11.9 Å². The summed E-state index contributed by atoms with van der Waals surface area (Å²) in [6.07, 6.45) is 0.623. The van der Waals surface area contributed by atoms with Crippen molar-refractivity contribution in [3.8, 4) is 0 Å². The minimum Gasteiger partial charge on any atom is -0.481 e. The lowest BCUT2D eigenvalue weighted by atomic mass is 10.0. The summed E-state index contributed by atoms with van der Waals surface area (Å²) < 4.78 is 0. The van der Waals surface area contributed by atoms with Crippen LogP contribution in [0.3, 0.4) is 0 Å². The van der Waals surface area contributed by atoms with E-state index in [4.69, 9.17) is 10.8 Å². The molecule has 1 rings (SSSR count). The third-order valence-corrected chi connectivity index (χ3v) is 2.67. The number of carboxylic acids is 1. The van der Waals surface area contributed by atoms with Gasteiger partial charge in [0, 0.05) is 12.1 Å². The number of hydrogen-bond donors (Lipinski definition) is 3. The Hall–Kier alpha value is -1.88. The molecular formula is C13H18N2O3. The minimum absolute atomic E-state index is 0.116. The SMILES string of the molecule is CC(CNC(=O)c1ccccc1CCN)C(=O)O. The van der Waals surface area contributed by atoms with Gasteiger partial charge in [-0.15, -0.1) is 0 Å². The van der Waals surface area contributed by atoms with E-state index in [1.54, 1.807) is 19.1 Å². The second-order valence-electron chi connectivity index (χ2n) is 4.15. The molecule has 0 aromatic heterocycles. The second-order valence-corrected chi connectivity index (χ2v) is 4.15. The Morgan fingerprint density at radius 3 is 2.67 bits per heavy atom. The Balaban J connectivity index is 2.69. The molecule has 0 heterocycles. The van der Waals surface area contributed by atoms with Crippen molar-refractivity contribution < 1.29 is 14.7 Å². The van der Waals surface area contributed by atoms with Crippen molar-refractivity contribution in [2.24, 2.45) is 11.7 Å². The average Bonchev–Trinajstić information content (AvgIpc) is 2.36. The number of aliphatic carboxylic acids is 1. The van der Waals surface area contributed by atoms with Crippen molar-refractivity contribution in [3.05, 3.63) is 35.4 Å². The first-order valence-electron chi connectivity index (χ1n) is 5.85. The summed E-state index contributed by atoms with van der Waals surface area (Å²) in [5.41, 5.74) is 6.91. The average molecular weight is 250 g/mol. The minimum atomic E-state index is -0.925. The molecule has 1 amide bonds. The fourth-order valence-corrected chi connectivity index (χ4v) is 1.54. The van der Waals surface area contributed by atoms with Crippen LogP contribution in [0.1, 0.15) is 22.8 Å². The van der Waals surface area contributed by atoms with Gasteiger partial charge in [0.05, 0.1) is 5.92 Å². The van der Waals surface area contributed by atoms with Gasteiger partial charge < -0.3 is 16.2 Å². The van der Waals surface area contributed by atoms with Crippen molar-refractivity contribution in [2.45, 2.75) is 13.3 Å². The third kappa shape index (κ3) is 3.85. The molecule has 1 unspecified atom stereocenters. The molecule has 4 N–H and O–H groups in total. The smallest absolute Gasteiger partial charge is 0.308 e. The first kappa shape index (κ1) is 14.2. The first-order chi connectivity index (χ1) is 8.56. The number of carbonyl (C=O) groups is 2. The maximum absolute atomic E-state index is 11.9. The van der Waals surface area contributed by atoms with Crippen molar-refractivity contribution in [2.75, 3.05) is 13.1 Å². The highest BCUT2D eigenvalue weighted by Gasteiger charge is 2.14. The van der Waals surface area contributed by atoms with Gasteiger partial charge >= 0.3 is 5.97 Å². The van der Waals surface area contributed by atoms with E-state index in [2.05, 4.69) is 5.32 Å². The van der Waals surface area contributed by atoms with E-state index in [0.717, 1.165) is 5.56 Å². The van der Waals surface area contributed by atoms with Gasteiger partial charge in [0.15, 0.2) is 0 Å². The number of nitrogens with two attached hydrogens (primary N) is 1. The Morgan fingerprint density at radius 1 is 1.39 bits per heavy atom. The quantitative estimate of drug-likeness (QED) is 0.690. The normalized spacial score (nSPS) is 11.9. The van der Waals surface area contributed by atoms with Gasteiger partial charge in [-0.2, -0.15) is 0 Å². The van der Waals surface area contributed by atoms with E-state index in [0.29, 0.717) is 18.5 Å². The van der Waals surface area contributed by atoms with Gasteiger partial charge in [0.2, 0.25) is 0 Å². The predicted molar refractivity (Wildman–Crippen MR) is 68.3 cm³/mol. The van der Waals surface area contributed by atoms with E-state index in [1.165, 1.54) is 0 Å². The van der Waals surface area contributed by atoms with Crippen LogP contribution in [0.2, 0.25) is 0 Å². The van der Waals surface area contributed by atoms with E-state index in [1.807, 2.05) is 12.1 Å². The molecule has 1 atom stereocenters. The molecule has 0 spiro atoms. The van der Waals surface area contributed by atoms with Gasteiger partial charge in [0.1, 0.15) is 0 Å². The molecule has 0 saturated carbocycles. The van der Waals surface area contributed by atoms with Gasteiger partial charge in [0.25, 0.3) is 5.91 Å². The van der Waals surface area contributed by atoms with E-state index >= 15 is 0 Å². The van der Waals surface area contributed by atoms with Crippen LogP contribution in [0.4, 0.5) is 0 Å². The molecule has 1 aromatic carbocycles. The number of carboxylic acid groups (broad SMARTS) is 1. The molecule has 0 fully saturated rings. The number of rotatable bonds is 6. The predicted octanol–water partition coefficient (Wildman–Crippen LogP) is 0.638. The lowest BCUT2D eigenvalue weighted by molar-refractivity contribution is -0.140. The van der Waals surface area contributed by atoms with Crippen molar-refractivity contribution in [3.63, 3.8) is 0 Å². The van der Waals surface area contributed by atoms with E-state index in [9.17, 15) is 9.59 Å². The first-order valence-corrected chi connectivity index (χ1v) is 5.85. The molecule has 0 radical (unpaired) electrons. The summed E-state index contributed by atoms with van der Waals surface area (Å²) in [5, 5.41) is 11.4. The maximum Gasteiger partial charge on any atom is 0.308 e. The zero-order chi connectivity index (χ0) is 13.5. The molecule has 0 aliphatic rings. The van der Waals surface area contributed by atoms with Crippen LogP contribution in [0, 0.1) is 5.92 Å². The lowest BCUT2D eigenvalue weighted by Crippen LogP contribution is -2.32. The molecule has 18 heavy (non-hydrogen) atoms. The van der Waals surface area contributed by atoms with Gasteiger partial charge in [-0.05, 0) is 24.6 Å². The topological polar surface area (TPSA) is 92.4 Å². The highest BCUT2D eigenvalue weighted by molar-refractivity contribution is 5.95. The molecule has 5 heteroatoms. The van der Waals surface area contributed by atoms with Crippen LogP contribution < -0.4 is 11.1 Å². The molecule has 0 aliphatic heterocycles. The van der Waals surface area contributed by atoms with Crippen LogP contribution in [0.15, 0.2) is 24.3 Å². The van der Waals surface area contributed by atoms with Crippen LogP contribution in [-0.2, 0) is 11.2 Å².